The maximum atomic E-state index is 12.4. The molecule has 27 heavy (non-hydrogen) atoms. The molecule has 0 spiro atoms. The van der Waals surface area contributed by atoms with Crippen LogP contribution in [0.15, 0.2) is 10.6 Å². The lowest BCUT2D eigenvalue weighted by atomic mass is 9.79. The first-order chi connectivity index (χ1) is 12.8. The van der Waals surface area contributed by atoms with Gasteiger partial charge in [0.2, 0.25) is 5.91 Å². The summed E-state index contributed by atoms with van der Waals surface area (Å²) in [6.07, 6.45) is 3.80. The molecule has 8 heteroatoms. The Morgan fingerprint density at radius 3 is 2.63 bits per heavy atom. The molecule has 0 bridgehead atoms. The Bertz CT molecular complexity index is 676. The highest BCUT2D eigenvalue weighted by Gasteiger charge is 2.60. The molecule has 0 radical (unpaired) electrons. The minimum atomic E-state index is -1.04. The van der Waals surface area contributed by atoms with Crippen LogP contribution in [0, 0.1) is 11.8 Å². The summed E-state index contributed by atoms with van der Waals surface area (Å²) < 4.78 is 0. The third-order valence-corrected chi connectivity index (χ3v) is 8.14. The van der Waals surface area contributed by atoms with Crippen molar-refractivity contribution in [2.24, 2.45) is 17.6 Å². The highest BCUT2D eigenvalue weighted by molar-refractivity contribution is 8.03. The molecule has 1 saturated carbocycles. The minimum Gasteiger partial charge on any atom is -0.477 e. The Labute approximate surface area is 163 Å². The van der Waals surface area contributed by atoms with Gasteiger partial charge in [0.15, 0.2) is 0 Å². The average Bonchev–Trinajstić information content (AvgIpc) is 2.79. The van der Waals surface area contributed by atoms with Crippen LogP contribution in [0.1, 0.15) is 39.5 Å². The number of hydrogen-bond acceptors (Lipinski definition) is 6. The fourth-order valence-corrected chi connectivity index (χ4v) is 6.78. The smallest absolute Gasteiger partial charge is 0.353 e. The van der Waals surface area contributed by atoms with Crippen LogP contribution in [0.5, 0.6) is 0 Å². The van der Waals surface area contributed by atoms with Crippen molar-refractivity contribution in [3.05, 3.63) is 10.6 Å². The van der Waals surface area contributed by atoms with Gasteiger partial charge in [-0.05, 0) is 26.2 Å². The average molecular weight is 396 g/mol. The molecule has 4 N–H and O–H groups in total. The number of aliphatic hydroxyl groups is 1. The van der Waals surface area contributed by atoms with Crippen molar-refractivity contribution in [1.29, 1.82) is 0 Å². The van der Waals surface area contributed by atoms with Gasteiger partial charge in [0, 0.05) is 41.2 Å². The number of hydrogen-bond donors (Lipinski definition) is 3. The molecular formula is C19H29N3O4S. The summed E-state index contributed by atoms with van der Waals surface area (Å²) in [6.45, 7) is 5.48. The summed E-state index contributed by atoms with van der Waals surface area (Å²) in [5.74, 6) is -1.84. The topological polar surface area (TPSA) is 107 Å². The van der Waals surface area contributed by atoms with Gasteiger partial charge in [-0.25, -0.2) is 4.79 Å². The lowest BCUT2D eigenvalue weighted by Gasteiger charge is -2.47. The highest BCUT2D eigenvalue weighted by atomic mass is 32.2. The largest absolute Gasteiger partial charge is 0.477 e. The fraction of sp³-hybridized carbons (Fsp3) is 0.789. The second-order valence-electron chi connectivity index (χ2n) is 8.55. The zero-order valence-corrected chi connectivity index (χ0v) is 16.7. The van der Waals surface area contributed by atoms with Gasteiger partial charge in [-0.3, -0.25) is 9.69 Å². The maximum Gasteiger partial charge on any atom is 0.353 e. The molecule has 3 heterocycles. The highest BCUT2D eigenvalue weighted by Crippen LogP contribution is 2.52. The predicted molar refractivity (Wildman–Crippen MR) is 103 cm³/mol. The van der Waals surface area contributed by atoms with E-state index in [1.807, 2.05) is 6.92 Å². The van der Waals surface area contributed by atoms with Crippen molar-refractivity contribution >= 4 is 23.6 Å². The molecule has 1 amide bonds. The Balaban J connectivity index is 1.43. The zero-order chi connectivity index (χ0) is 19.5. The molecule has 0 aromatic carbocycles. The summed E-state index contributed by atoms with van der Waals surface area (Å²) in [5, 5.41) is 20.0. The van der Waals surface area contributed by atoms with Crippen molar-refractivity contribution in [2.75, 3.05) is 13.1 Å². The van der Waals surface area contributed by atoms with Gasteiger partial charge in [0.25, 0.3) is 0 Å². The SMILES string of the molecule is C[C@@H](O)[C@H]1C(=O)N2C(C(=O)O)=C(SC3CN([C@H]4CCC[C@@H](N)C4)C3)[C@H](C)[C@H]12. The summed E-state index contributed by atoms with van der Waals surface area (Å²) in [6, 6.07) is 0.637. The lowest BCUT2D eigenvalue weighted by molar-refractivity contribution is -0.163. The third kappa shape index (κ3) is 3.10. The number of amides is 1. The van der Waals surface area contributed by atoms with E-state index >= 15 is 0 Å². The molecule has 150 valence electrons. The molecule has 0 aromatic heterocycles. The van der Waals surface area contributed by atoms with Crippen molar-refractivity contribution in [2.45, 2.75) is 69.0 Å². The Kier molecular flexibility index (Phi) is 5.03. The standard InChI is InChI=1S/C19H29N3O4S/c1-9-15-14(10(2)23)18(24)22(15)16(19(25)26)17(9)27-13-7-21(8-13)12-5-3-4-11(20)6-12/h9-15,23H,3-8,20H2,1-2H3,(H,25,26)/t9-,10-,11-,12+,14-,15-/m1/s1. The van der Waals surface area contributed by atoms with Crippen LogP contribution >= 0.6 is 11.8 Å². The number of rotatable bonds is 5. The van der Waals surface area contributed by atoms with Crippen LogP contribution in [0.3, 0.4) is 0 Å². The van der Waals surface area contributed by atoms with Gasteiger partial charge in [-0.15, -0.1) is 11.8 Å². The number of carboxylic acids is 1. The van der Waals surface area contributed by atoms with Gasteiger partial charge in [-0.1, -0.05) is 13.3 Å². The van der Waals surface area contributed by atoms with Crippen LogP contribution in [0.2, 0.25) is 0 Å². The van der Waals surface area contributed by atoms with E-state index in [0.29, 0.717) is 17.3 Å². The number of aliphatic hydroxyl groups excluding tert-OH is 1. The molecule has 2 saturated heterocycles. The van der Waals surface area contributed by atoms with E-state index in [2.05, 4.69) is 4.90 Å². The number of fused-ring (bicyclic) bond motifs is 1. The molecule has 3 fully saturated rings. The second-order valence-corrected chi connectivity index (χ2v) is 9.89. The number of nitrogens with two attached hydrogens (primary N) is 1. The summed E-state index contributed by atoms with van der Waals surface area (Å²) in [7, 11) is 0. The summed E-state index contributed by atoms with van der Waals surface area (Å²) in [5.41, 5.74) is 6.24. The van der Waals surface area contributed by atoms with E-state index in [1.165, 1.54) is 17.7 Å². The first-order valence-electron chi connectivity index (χ1n) is 9.94. The van der Waals surface area contributed by atoms with Gasteiger partial charge >= 0.3 is 5.97 Å². The molecule has 7 nitrogen and oxygen atoms in total. The quantitative estimate of drug-likeness (QED) is 0.592. The van der Waals surface area contributed by atoms with Crippen molar-refractivity contribution in [3.63, 3.8) is 0 Å². The monoisotopic (exact) mass is 395 g/mol. The zero-order valence-electron chi connectivity index (χ0n) is 15.9. The minimum absolute atomic E-state index is 0.0458. The molecule has 3 aliphatic heterocycles. The van der Waals surface area contributed by atoms with Crippen molar-refractivity contribution in [3.8, 4) is 0 Å². The normalized spacial score (nSPS) is 38.4. The van der Waals surface area contributed by atoms with Gasteiger partial charge < -0.3 is 20.8 Å². The number of β-lactam (4-membered cyclic amide) rings is 1. The number of aliphatic carboxylic acids is 1. The summed E-state index contributed by atoms with van der Waals surface area (Å²) >= 11 is 1.62. The number of likely N-dealkylation sites (tertiary alicyclic amines) is 1. The van der Waals surface area contributed by atoms with Crippen LogP contribution in [-0.4, -0.2) is 74.5 Å². The second kappa shape index (κ2) is 7.06. The number of carbonyl (C=O) groups excluding carboxylic acids is 1. The van der Waals surface area contributed by atoms with E-state index in [4.69, 9.17) is 5.73 Å². The molecule has 1 aliphatic carbocycles. The molecule has 6 atom stereocenters. The molecule has 4 rings (SSSR count). The Morgan fingerprint density at radius 1 is 1.33 bits per heavy atom. The van der Waals surface area contributed by atoms with Gasteiger partial charge in [0.05, 0.1) is 18.1 Å². The number of nitrogens with zero attached hydrogens (tertiary/aromatic N) is 2. The lowest BCUT2D eigenvalue weighted by Crippen LogP contribution is -2.63. The van der Waals surface area contributed by atoms with Crippen LogP contribution in [-0.2, 0) is 9.59 Å². The van der Waals surface area contributed by atoms with Gasteiger partial charge in [-0.2, -0.15) is 0 Å². The van der Waals surface area contributed by atoms with Gasteiger partial charge in [0.1, 0.15) is 5.70 Å². The summed E-state index contributed by atoms with van der Waals surface area (Å²) in [4.78, 5) is 28.9. The molecule has 0 aromatic rings. The van der Waals surface area contributed by atoms with E-state index in [1.54, 1.807) is 18.7 Å². The van der Waals surface area contributed by atoms with Crippen LogP contribution < -0.4 is 5.73 Å². The Morgan fingerprint density at radius 2 is 2.04 bits per heavy atom. The predicted octanol–water partition coefficient (Wildman–Crippen LogP) is 0.827. The maximum absolute atomic E-state index is 12.4. The first kappa shape index (κ1) is 19.2. The van der Waals surface area contributed by atoms with Crippen molar-refractivity contribution < 1.29 is 19.8 Å². The molecule has 0 unspecified atom stereocenters. The number of thioether (sulfide) groups is 1. The van der Waals surface area contributed by atoms with E-state index in [-0.39, 0.29) is 23.6 Å². The Hall–Kier alpha value is -1.09. The van der Waals surface area contributed by atoms with E-state index in [0.717, 1.165) is 30.8 Å². The first-order valence-corrected chi connectivity index (χ1v) is 10.8. The molecular weight excluding hydrogens is 366 g/mol. The third-order valence-electron chi connectivity index (χ3n) is 6.68. The molecule has 4 aliphatic rings. The van der Waals surface area contributed by atoms with Crippen LogP contribution in [0.4, 0.5) is 0 Å². The van der Waals surface area contributed by atoms with E-state index < -0.39 is 18.0 Å². The van der Waals surface area contributed by atoms with Crippen LogP contribution in [0.25, 0.3) is 0 Å². The number of carbonyl (C=O) groups is 2. The number of carboxylic acid groups (broad SMARTS) is 1. The van der Waals surface area contributed by atoms with Crippen molar-refractivity contribution in [1.82, 2.24) is 9.80 Å². The fourth-order valence-electron chi connectivity index (χ4n) is 5.23. The van der Waals surface area contributed by atoms with E-state index in [9.17, 15) is 19.8 Å².